The van der Waals surface area contributed by atoms with Gasteiger partial charge in [0.25, 0.3) is 15.0 Å². The predicted molar refractivity (Wildman–Crippen MR) is 83.2 cm³/mol. The number of halogens is 2. The van der Waals surface area contributed by atoms with Gasteiger partial charge in [0.2, 0.25) is 0 Å². The summed E-state index contributed by atoms with van der Waals surface area (Å²) < 4.78 is 28.9. The van der Waals surface area contributed by atoms with Crippen molar-refractivity contribution in [2.45, 2.75) is 30.8 Å². The van der Waals surface area contributed by atoms with E-state index in [2.05, 4.69) is 21.2 Å². The molecule has 1 saturated heterocycles. The second-order valence-electron chi connectivity index (χ2n) is 4.89. The van der Waals surface area contributed by atoms with Crippen LogP contribution < -0.4 is 5.32 Å². The normalized spacial score (nSPS) is 18.7. The van der Waals surface area contributed by atoms with Gasteiger partial charge >= 0.3 is 0 Å². The van der Waals surface area contributed by atoms with Crippen LogP contribution in [0.3, 0.4) is 0 Å². The van der Waals surface area contributed by atoms with Crippen molar-refractivity contribution in [1.82, 2.24) is 5.32 Å². The highest BCUT2D eigenvalue weighted by Gasteiger charge is 2.21. The molecule has 1 aromatic carbocycles. The van der Waals surface area contributed by atoms with E-state index in [1.165, 1.54) is 6.07 Å². The number of nitrogens with one attached hydrogen (secondary N) is 1. The third-order valence-electron chi connectivity index (χ3n) is 3.26. The van der Waals surface area contributed by atoms with Gasteiger partial charge in [-0.05, 0) is 53.4 Å². The van der Waals surface area contributed by atoms with Crippen LogP contribution in [-0.4, -0.2) is 33.6 Å². The number of amides is 1. The second kappa shape index (κ2) is 6.64. The van der Waals surface area contributed by atoms with Crippen LogP contribution in [0.2, 0.25) is 0 Å². The molecule has 0 bridgehead atoms. The van der Waals surface area contributed by atoms with Crippen molar-refractivity contribution in [2.75, 3.05) is 13.2 Å². The lowest BCUT2D eigenvalue weighted by Gasteiger charge is -2.12. The lowest BCUT2D eigenvalue weighted by atomic mass is 10.1. The molecule has 1 unspecified atom stereocenters. The fourth-order valence-electron chi connectivity index (χ4n) is 2.16. The Morgan fingerprint density at radius 1 is 1.52 bits per heavy atom. The molecule has 1 heterocycles. The Morgan fingerprint density at radius 2 is 2.24 bits per heavy atom. The van der Waals surface area contributed by atoms with Gasteiger partial charge in [0.15, 0.2) is 0 Å². The first-order chi connectivity index (χ1) is 9.79. The van der Waals surface area contributed by atoms with Gasteiger partial charge in [0, 0.05) is 33.9 Å². The van der Waals surface area contributed by atoms with Gasteiger partial charge in [-0.2, -0.15) is 0 Å². The average Bonchev–Trinajstić information content (AvgIpc) is 2.90. The van der Waals surface area contributed by atoms with Crippen molar-refractivity contribution in [3.8, 4) is 0 Å². The first-order valence-corrected chi connectivity index (χ1v) is 9.54. The maximum absolute atomic E-state index is 12.1. The summed E-state index contributed by atoms with van der Waals surface area (Å²) in [5, 5.41) is 2.75. The lowest BCUT2D eigenvalue weighted by molar-refractivity contribution is 0.0857. The van der Waals surface area contributed by atoms with E-state index < -0.39 is 9.05 Å². The van der Waals surface area contributed by atoms with E-state index in [1.54, 1.807) is 13.0 Å². The number of benzene rings is 1. The summed E-state index contributed by atoms with van der Waals surface area (Å²) in [4.78, 5) is 12.0. The van der Waals surface area contributed by atoms with Gasteiger partial charge in [-0.3, -0.25) is 4.79 Å². The molecule has 1 fully saturated rings. The van der Waals surface area contributed by atoms with Crippen molar-refractivity contribution < 1.29 is 17.9 Å². The smallest absolute Gasteiger partial charge is 0.262 e. The zero-order valence-corrected chi connectivity index (χ0v) is 14.5. The van der Waals surface area contributed by atoms with E-state index in [1.807, 2.05) is 0 Å². The zero-order chi connectivity index (χ0) is 15.6. The van der Waals surface area contributed by atoms with E-state index in [4.69, 9.17) is 15.4 Å². The molecule has 0 saturated carbocycles. The zero-order valence-electron chi connectivity index (χ0n) is 11.4. The first-order valence-electron chi connectivity index (χ1n) is 6.43. The number of aryl methyl sites for hydroxylation is 1. The van der Waals surface area contributed by atoms with E-state index in [-0.39, 0.29) is 22.5 Å². The molecule has 1 atom stereocenters. The minimum Gasteiger partial charge on any atom is -0.376 e. The van der Waals surface area contributed by atoms with Crippen molar-refractivity contribution >= 4 is 41.6 Å². The van der Waals surface area contributed by atoms with Crippen LogP contribution in [0.5, 0.6) is 0 Å². The van der Waals surface area contributed by atoms with Gasteiger partial charge in [-0.25, -0.2) is 8.42 Å². The molecule has 1 aromatic rings. The van der Waals surface area contributed by atoms with Gasteiger partial charge in [-0.1, -0.05) is 0 Å². The Labute approximate surface area is 136 Å². The molecule has 1 aliphatic rings. The molecule has 1 N–H and O–H groups in total. The summed E-state index contributed by atoms with van der Waals surface area (Å²) in [6.45, 7) is 2.83. The molecule has 1 aliphatic heterocycles. The monoisotopic (exact) mass is 395 g/mol. The van der Waals surface area contributed by atoms with E-state index in [0.717, 1.165) is 12.8 Å². The topological polar surface area (TPSA) is 72.5 Å². The fraction of sp³-hybridized carbons (Fsp3) is 0.462. The lowest BCUT2D eigenvalue weighted by Crippen LogP contribution is -2.31. The number of hydrogen-bond acceptors (Lipinski definition) is 4. The van der Waals surface area contributed by atoms with Crippen LogP contribution in [-0.2, 0) is 13.8 Å². The van der Waals surface area contributed by atoms with E-state index in [9.17, 15) is 13.2 Å². The molecule has 1 amide bonds. The Hall–Kier alpha value is -0.630. The largest absolute Gasteiger partial charge is 0.376 e. The number of hydrogen-bond donors (Lipinski definition) is 1. The first kappa shape index (κ1) is 16.7. The number of ether oxygens (including phenoxy) is 1. The molecule has 0 aromatic heterocycles. The van der Waals surface area contributed by atoms with Crippen LogP contribution in [0.25, 0.3) is 0 Å². The minimum atomic E-state index is -3.92. The number of carbonyl (C=O) groups excluding carboxylic acids is 1. The molecule has 5 nitrogen and oxygen atoms in total. The summed E-state index contributed by atoms with van der Waals surface area (Å²) >= 11 is 3.18. The van der Waals surface area contributed by atoms with Crippen LogP contribution >= 0.6 is 26.6 Å². The van der Waals surface area contributed by atoms with Crippen molar-refractivity contribution in [3.63, 3.8) is 0 Å². The Kier molecular flexibility index (Phi) is 5.29. The van der Waals surface area contributed by atoms with Crippen LogP contribution in [0.4, 0.5) is 0 Å². The van der Waals surface area contributed by atoms with E-state index in [0.29, 0.717) is 23.2 Å². The predicted octanol–water partition coefficient (Wildman–Crippen LogP) is 2.59. The summed E-state index contributed by atoms with van der Waals surface area (Å²) in [6.07, 6.45) is 1.94. The number of rotatable bonds is 4. The molecule has 0 aliphatic carbocycles. The molecule has 116 valence electrons. The van der Waals surface area contributed by atoms with Crippen LogP contribution in [0.1, 0.15) is 28.8 Å². The van der Waals surface area contributed by atoms with Crippen molar-refractivity contribution in [3.05, 3.63) is 27.7 Å². The highest BCUT2D eigenvalue weighted by molar-refractivity contribution is 9.10. The molecular weight excluding hydrogens is 382 g/mol. The maximum atomic E-state index is 12.1. The van der Waals surface area contributed by atoms with Crippen LogP contribution in [0, 0.1) is 6.92 Å². The Morgan fingerprint density at radius 3 is 2.81 bits per heavy atom. The van der Waals surface area contributed by atoms with Crippen LogP contribution in [0.15, 0.2) is 21.5 Å². The highest BCUT2D eigenvalue weighted by Crippen LogP contribution is 2.29. The molecule has 2 rings (SSSR count). The summed E-state index contributed by atoms with van der Waals surface area (Å²) in [5.41, 5.74) is 0.881. The van der Waals surface area contributed by atoms with Crippen molar-refractivity contribution in [2.24, 2.45) is 0 Å². The maximum Gasteiger partial charge on any atom is 0.262 e. The molecule has 21 heavy (non-hydrogen) atoms. The van der Waals surface area contributed by atoms with Gasteiger partial charge < -0.3 is 10.1 Å². The third-order valence-corrected chi connectivity index (χ3v) is 5.92. The molecule has 0 radical (unpaired) electrons. The second-order valence-corrected chi connectivity index (χ2v) is 8.22. The minimum absolute atomic E-state index is 0.0294. The van der Waals surface area contributed by atoms with E-state index >= 15 is 0 Å². The SMILES string of the molecule is Cc1cc(C(=O)NCC2CCCO2)cc(S(=O)(=O)Cl)c1Br. The molecule has 0 spiro atoms. The average molecular weight is 397 g/mol. The summed E-state index contributed by atoms with van der Waals surface area (Å²) in [6, 6.07) is 2.88. The van der Waals surface area contributed by atoms with Gasteiger partial charge in [-0.15, -0.1) is 0 Å². The Balaban J connectivity index is 2.19. The summed E-state index contributed by atoms with van der Waals surface area (Å²) in [5.74, 6) is -0.345. The van der Waals surface area contributed by atoms with Crippen molar-refractivity contribution in [1.29, 1.82) is 0 Å². The molecular formula is C13H15BrClNO4S. The Bertz CT molecular complexity index is 656. The van der Waals surface area contributed by atoms with Gasteiger partial charge in [0.1, 0.15) is 0 Å². The summed E-state index contributed by atoms with van der Waals surface area (Å²) in [7, 11) is 1.46. The number of carbonyl (C=O) groups is 1. The standard InChI is InChI=1S/C13H15BrClNO4S/c1-8-5-9(6-11(12(8)14)21(15,18)19)13(17)16-7-10-3-2-4-20-10/h5-6,10H,2-4,7H2,1H3,(H,16,17). The third kappa shape index (κ3) is 4.18. The van der Waals surface area contributed by atoms with Gasteiger partial charge in [0.05, 0.1) is 11.0 Å². The highest BCUT2D eigenvalue weighted by atomic mass is 79.9. The molecule has 8 heteroatoms. The fourth-order valence-corrected chi connectivity index (χ4v) is 4.32. The quantitative estimate of drug-likeness (QED) is 0.794.